The lowest BCUT2D eigenvalue weighted by atomic mass is 10.0. The van der Waals surface area contributed by atoms with Gasteiger partial charge in [-0.25, -0.2) is 10.4 Å². The monoisotopic (exact) mass is 365 g/mol. The van der Waals surface area contributed by atoms with Crippen LogP contribution in [0.15, 0.2) is 53.6 Å². The largest absolute Gasteiger partial charge is 0.508 e. The minimum Gasteiger partial charge on any atom is -0.508 e. The molecule has 0 fully saturated rings. The summed E-state index contributed by atoms with van der Waals surface area (Å²) in [5.41, 5.74) is 12.5. The molecule has 0 amide bonds. The predicted octanol–water partition coefficient (Wildman–Crippen LogP) is 3.70. The minimum absolute atomic E-state index is 0.198. The molecule has 0 bridgehead atoms. The van der Waals surface area contributed by atoms with E-state index in [4.69, 9.17) is 11.1 Å². The molecule has 0 saturated heterocycles. The standard InChI is InChI=1S/C19H19N5OS/c1-11-17(12(2)23-24-19(20)21)26-18(22-11)15-5-3-13(4-6-15)14-7-9-16(25)10-8-14/h3-10,25H,1-2H3,(H4,20,21,24)/b23-12+. The Hall–Kier alpha value is -3.19. The zero-order chi connectivity index (χ0) is 18.7. The van der Waals surface area contributed by atoms with Gasteiger partial charge in [-0.2, -0.15) is 5.10 Å². The summed E-state index contributed by atoms with van der Waals surface area (Å²) in [4.78, 5) is 5.59. The van der Waals surface area contributed by atoms with Crippen LogP contribution in [0.1, 0.15) is 17.5 Å². The molecule has 132 valence electrons. The van der Waals surface area contributed by atoms with Gasteiger partial charge in [-0.05, 0) is 37.1 Å². The van der Waals surface area contributed by atoms with E-state index in [0.717, 1.165) is 38.0 Å². The van der Waals surface area contributed by atoms with E-state index in [1.165, 1.54) is 0 Å². The maximum absolute atomic E-state index is 9.40. The molecule has 1 aromatic heterocycles. The molecule has 3 aromatic rings. The lowest BCUT2D eigenvalue weighted by Crippen LogP contribution is -2.26. The number of guanidine groups is 1. The van der Waals surface area contributed by atoms with Gasteiger partial charge >= 0.3 is 0 Å². The molecule has 0 spiro atoms. The minimum atomic E-state index is -0.198. The second-order valence-electron chi connectivity index (χ2n) is 5.78. The third kappa shape index (κ3) is 3.89. The van der Waals surface area contributed by atoms with Crippen LogP contribution in [0.5, 0.6) is 5.75 Å². The summed E-state index contributed by atoms with van der Waals surface area (Å²) < 4.78 is 0. The first kappa shape index (κ1) is 17.6. The predicted molar refractivity (Wildman–Crippen MR) is 107 cm³/mol. The Morgan fingerprint density at radius 2 is 1.62 bits per heavy atom. The van der Waals surface area contributed by atoms with Crippen LogP contribution in [0.4, 0.5) is 0 Å². The Labute approximate surface area is 155 Å². The highest BCUT2D eigenvalue weighted by molar-refractivity contribution is 7.17. The van der Waals surface area contributed by atoms with Gasteiger partial charge in [0.05, 0.1) is 16.3 Å². The molecule has 5 N–H and O–H groups in total. The number of aromatic nitrogens is 1. The van der Waals surface area contributed by atoms with E-state index in [-0.39, 0.29) is 11.7 Å². The van der Waals surface area contributed by atoms with Crippen molar-refractivity contribution in [3.05, 3.63) is 59.1 Å². The van der Waals surface area contributed by atoms with Gasteiger partial charge in [0.2, 0.25) is 5.96 Å². The van der Waals surface area contributed by atoms with Crippen molar-refractivity contribution in [2.75, 3.05) is 0 Å². The molecule has 0 aliphatic carbocycles. The van der Waals surface area contributed by atoms with Crippen molar-refractivity contribution < 1.29 is 5.11 Å². The van der Waals surface area contributed by atoms with Gasteiger partial charge in [-0.3, -0.25) is 5.41 Å². The van der Waals surface area contributed by atoms with E-state index >= 15 is 0 Å². The van der Waals surface area contributed by atoms with Gasteiger partial charge in [0.1, 0.15) is 10.8 Å². The van der Waals surface area contributed by atoms with E-state index in [2.05, 4.69) is 15.5 Å². The zero-order valence-electron chi connectivity index (χ0n) is 14.4. The quantitative estimate of drug-likeness (QED) is 0.321. The van der Waals surface area contributed by atoms with Crippen LogP contribution in [0.3, 0.4) is 0 Å². The summed E-state index contributed by atoms with van der Waals surface area (Å²) in [7, 11) is 0. The zero-order valence-corrected chi connectivity index (χ0v) is 15.3. The summed E-state index contributed by atoms with van der Waals surface area (Å²) in [5, 5.41) is 21.6. The highest BCUT2D eigenvalue weighted by atomic mass is 32.1. The van der Waals surface area contributed by atoms with Crippen molar-refractivity contribution in [2.24, 2.45) is 10.8 Å². The number of thiazole rings is 1. The molecule has 2 aromatic carbocycles. The normalized spacial score (nSPS) is 11.4. The summed E-state index contributed by atoms with van der Waals surface area (Å²) >= 11 is 1.55. The van der Waals surface area contributed by atoms with Crippen LogP contribution in [0.25, 0.3) is 21.7 Å². The Morgan fingerprint density at radius 3 is 2.19 bits per heavy atom. The number of hydrogen-bond acceptors (Lipinski definition) is 5. The van der Waals surface area contributed by atoms with Crippen molar-refractivity contribution in [1.82, 2.24) is 10.4 Å². The van der Waals surface area contributed by atoms with E-state index in [1.807, 2.05) is 50.2 Å². The average molecular weight is 365 g/mol. The molecule has 0 unspecified atom stereocenters. The van der Waals surface area contributed by atoms with Crippen LogP contribution in [0, 0.1) is 12.3 Å². The van der Waals surface area contributed by atoms with Crippen LogP contribution in [-0.2, 0) is 0 Å². The molecule has 0 atom stereocenters. The second-order valence-corrected chi connectivity index (χ2v) is 6.78. The summed E-state index contributed by atoms with van der Waals surface area (Å²) in [6, 6.07) is 15.3. The third-order valence-electron chi connectivity index (χ3n) is 3.80. The smallest absolute Gasteiger partial charge is 0.206 e. The number of rotatable bonds is 4. The lowest BCUT2D eigenvalue weighted by Gasteiger charge is -2.03. The molecule has 3 rings (SSSR count). The number of aryl methyl sites for hydroxylation is 1. The number of nitrogens with one attached hydrogen (secondary N) is 2. The van der Waals surface area contributed by atoms with E-state index in [0.29, 0.717) is 0 Å². The van der Waals surface area contributed by atoms with E-state index < -0.39 is 0 Å². The Balaban J connectivity index is 1.86. The SMILES string of the molecule is C/C(=N\NC(=N)N)c1sc(-c2ccc(-c3ccc(O)cc3)cc2)nc1C. The number of aromatic hydroxyl groups is 1. The number of benzene rings is 2. The van der Waals surface area contributed by atoms with Crippen molar-refractivity contribution >= 4 is 23.0 Å². The van der Waals surface area contributed by atoms with Crippen LogP contribution in [-0.4, -0.2) is 21.8 Å². The van der Waals surface area contributed by atoms with Crippen LogP contribution in [0.2, 0.25) is 0 Å². The van der Waals surface area contributed by atoms with Gasteiger partial charge in [0.25, 0.3) is 0 Å². The van der Waals surface area contributed by atoms with Crippen molar-refractivity contribution in [2.45, 2.75) is 13.8 Å². The van der Waals surface area contributed by atoms with Gasteiger partial charge in [0.15, 0.2) is 0 Å². The Kier molecular flexibility index (Phi) is 4.99. The molecule has 6 nitrogen and oxygen atoms in total. The third-order valence-corrected chi connectivity index (χ3v) is 5.12. The number of phenols is 1. The fourth-order valence-electron chi connectivity index (χ4n) is 2.51. The average Bonchev–Trinajstić information content (AvgIpc) is 3.02. The molecular weight excluding hydrogens is 346 g/mol. The fraction of sp³-hybridized carbons (Fsp3) is 0.105. The first-order valence-electron chi connectivity index (χ1n) is 7.96. The van der Waals surface area contributed by atoms with Crippen molar-refractivity contribution in [1.29, 1.82) is 5.41 Å². The second kappa shape index (κ2) is 7.37. The summed E-state index contributed by atoms with van der Waals surface area (Å²) in [6.45, 7) is 3.79. The first-order chi connectivity index (χ1) is 12.4. The van der Waals surface area contributed by atoms with Crippen molar-refractivity contribution in [3.8, 4) is 27.4 Å². The van der Waals surface area contributed by atoms with Gasteiger partial charge in [-0.1, -0.05) is 36.4 Å². The Morgan fingerprint density at radius 1 is 1.08 bits per heavy atom. The highest BCUT2D eigenvalue weighted by Crippen LogP contribution is 2.30. The molecule has 0 aliphatic heterocycles. The summed E-state index contributed by atoms with van der Waals surface area (Å²) in [6.07, 6.45) is 0. The Bertz CT molecular complexity index is 959. The topological polar surface area (TPSA) is 107 Å². The molecule has 0 radical (unpaired) electrons. The fourth-order valence-corrected chi connectivity index (χ4v) is 3.53. The van der Waals surface area contributed by atoms with Crippen molar-refractivity contribution in [3.63, 3.8) is 0 Å². The number of nitrogens with zero attached hydrogens (tertiary/aromatic N) is 2. The van der Waals surface area contributed by atoms with Gasteiger partial charge in [-0.15, -0.1) is 11.3 Å². The van der Waals surface area contributed by atoms with Crippen LogP contribution < -0.4 is 11.2 Å². The first-order valence-corrected chi connectivity index (χ1v) is 8.77. The number of hydrazone groups is 1. The molecule has 26 heavy (non-hydrogen) atoms. The number of phenolic OH excluding ortho intramolecular Hbond substituents is 1. The highest BCUT2D eigenvalue weighted by Gasteiger charge is 2.12. The molecule has 1 heterocycles. The molecule has 0 aliphatic rings. The maximum Gasteiger partial charge on any atom is 0.206 e. The van der Waals surface area contributed by atoms with Crippen LogP contribution >= 0.6 is 11.3 Å². The number of hydrogen-bond donors (Lipinski definition) is 4. The summed E-state index contributed by atoms with van der Waals surface area (Å²) in [5.74, 6) is 0.0593. The number of nitrogens with two attached hydrogens (primary N) is 1. The van der Waals surface area contributed by atoms with E-state index in [9.17, 15) is 5.11 Å². The lowest BCUT2D eigenvalue weighted by molar-refractivity contribution is 0.475. The van der Waals surface area contributed by atoms with Gasteiger partial charge in [0, 0.05) is 5.56 Å². The van der Waals surface area contributed by atoms with E-state index in [1.54, 1.807) is 23.5 Å². The maximum atomic E-state index is 9.40. The molecular formula is C19H19N5OS. The molecule has 0 saturated carbocycles. The molecule has 7 heteroatoms. The van der Waals surface area contributed by atoms with Gasteiger partial charge < -0.3 is 10.8 Å².